The molecule has 0 heterocycles. The molecule has 24 heavy (non-hydrogen) atoms. The molecule has 0 aromatic heterocycles. The second kappa shape index (κ2) is 6.80. The van der Waals surface area contributed by atoms with Gasteiger partial charge >= 0.3 is 0 Å². The summed E-state index contributed by atoms with van der Waals surface area (Å²) < 4.78 is 54.7. The van der Waals surface area contributed by atoms with Gasteiger partial charge in [-0.15, -0.1) is 0 Å². The summed E-state index contributed by atoms with van der Waals surface area (Å²) in [5.74, 6) is -4.66. The van der Waals surface area contributed by atoms with E-state index in [1.54, 1.807) is 6.07 Å². The Bertz CT molecular complexity index is 783. The van der Waals surface area contributed by atoms with Crippen LogP contribution in [0, 0.1) is 23.3 Å². The second-order valence-corrected chi connectivity index (χ2v) is 6.15. The van der Waals surface area contributed by atoms with Crippen molar-refractivity contribution in [2.24, 2.45) is 0 Å². The van der Waals surface area contributed by atoms with Crippen LogP contribution in [0.4, 0.5) is 17.6 Å². The number of benzene rings is 2. The Labute approximate surface area is 138 Å². The molecule has 1 aliphatic rings. The molecule has 0 nitrogen and oxygen atoms in total. The van der Waals surface area contributed by atoms with E-state index >= 15 is 0 Å². The third-order valence-corrected chi connectivity index (χ3v) is 4.48. The summed E-state index contributed by atoms with van der Waals surface area (Å²) in [5, 5.41) is 0. The van der Waals surface area contributed by atoms with Crippen LogP contribution in [0.2, 0.25) is 0 Å². The quantitative estimate of drug-likeness (QED) is 0.446. The Balaban J connectivity index is 2.01. The Hall–Kier alpha value is -2.10. The van der Waals surface area contributed by atoms with E-state index in [1.165, 1.54) is 11.6 Å². The van der Waals surface area contributed by atoms with Gasteiger partial charge in [-0.1, -0.05) is 37.1 Å². The summed E-state index contributed by atoms with van der Waals surface area (Å²) in [6.45, 7) is 2.13. The maximum atomic E-state index is 14.8. The molecule has 1 aliphatic carbocycles. The normalized spacial score (nSPS) is 13.6. The third kappa shape index (κ3) is 3.10. The summed E-state index contributed by atoms with van der Waals surface area (Å²) in [4.78, 5) is 0. The van der Waals surface area contributed by atoms with E-state index in [9.17, 15) is 17.6 Å². The molecule has 2 aromatic carbocycles. The highest BCUT2D eigenvalue weighted by atomic mass is 19.2. The second-order valence-electron chi connectivity index (χ2n) is 6.15. The first-order valence-corrected chi connectivity index (χ1v) is 8.17. The van der Waals surface area contributed by atoms with Crippen LogP contribution in [-0.2, 0) is 6.42 Å². The van der Waals surface area contributed by atoms with Crippen LogP contribution in [0.5, 0.6) is 0 Å². The zero-order chi connectivity index (χ0) is 17.3. The molecule has 0 saturated heterocycles. The molecular weight excluding hydrogens is 316 g/mol. The van der Waals surface area contributed by atoms with Gasteiger partial charge in [0.2, 0.25) is 0 Å². The van der Waals surface area contributed by atoms with Gasteiger partial charge in [-0.25, -0.2) is 17.6 Å². The molecule has 0 N–H and O–H groups in total. The Morgan fingerprint density at radius 2 is 1.62 bits per heavy atom. The molecule has 0 spiro atoms. The third-order valence-electron chi connectivity index (χ3n) is 4.48. The van der Waals surface area contributed by atoms with Gasteiger partial charge in [0.25, 0.3) is 0 Å². The number of hydrogen-bond acceptors (Lipinski definition) is 0. The zero-order valence-corrected chi connectivity index (χ0v) is 13.4. The molecule has 0 bridgehead atoms. The summed E-state index contributed by atoms with van der Waals surface area (Å²) in [6, 6.07) is 4.92. The maximum Gasteiger partial charge on any atom is 0.194 e. The lowest BCUT2D eigenvalue weighted by Crippen LogP contribution is -2.04. The molecular formula is C20H18F4. The van der Waals surface area contributed by atoms with Gasteiger partial charge in [0.1, 0.15) is 5.82 Å². The Morgan fingerprint density at radius 1 is 0.917 bits per heavy atom. The molecule has 0 atom stereocenters. The standard InChI is InChI=1S/C20H18F4/c1-2-3-4-12-5-7-15-13(9-12)6-8-16(19(15)23)14-10-17(21)20(24)18(22)11-14/h6,8-11H,2-5,7H2,1H3. The molecule has 0 aliphatic heterocycles. The Morgan fingerprint density at radius 3 is 2.29 bits per heavy atom. The largest absolute Gasteiger partial charge is 0.206 e. The van der Waals surface area contributed by atoms with Crippen molar-refractivity contribution in [3.05, 3.63) is 64.2 Å². The summed E-state index contributed by atoms with van der Waals surface area (Å²) in [6.07, 6.45) is 6.59. The predicted molar refractivity (Wildman–Crippen MR) is 87.5 cm³/mol. The summed E-state index contributed by atoms with van der Waals surface area (Å²) in [5.41, 5.74) is 2.77. The maximum absolute atomic E-state index is 14.8. The van der Waals surface area contributed by atoms with Gasteiger partial charge in [0.05, 0.1) is 0 Å². The lowest BCUT2D eigenvalue weighted by molar-refractivity contribution is 0.447. The first-order valence-electron chi connectivity index (χ1n) is 8.17. The van der Waals surface area contributed by atoms with E-state index < -0.39 is 23.3 Å². The first-order chi connectivity index (χ1) is 11.5. The van der Waals surface area contributed by atoms with Crippen LogP contribution >= 0.6 is 0 Å². The summed E-state index contributed by atoms with van der Waals surface area (Å²) in [7, 11) is 0. The van der Waals surface area contributed by atoms with Crippen molar-refractivity contribution >= 4 is 6.08 Å². The molecule has 126 valence electrons. The van der Waals surface area contributed by atoms with E-state index in [0.29, 0.717) is 12.0 Å². The zero-order valence-electron chi connectivity index (χ0n) is 13.4. The fraction of sp³-hybridized carbons (Fsp3) is 0.300. The van der Waals surface area contributed by atoms with E-state index in [4.69, 9.17) is 0 Å². The fourth-order valence-corrected chi connectivity index (χ4v) is 3.14. The predicted octanol–water partition coefficient (Wildman–Crippen LogP) is 6.43. The van der Waals surface area contributed by atoms with E-state index in [0.717, 1.165) is 43.4 Å². The average molecular weight is 334 g/mol. The van der Waals surface area contributed by atoms with Gasteiger partial charge in [-0.2, -0.15) is 0 Å². The van der Waals surface area contributed by atoms with Crippen molar-refractivity contribution in [1.29, 1.82) is 0 Å². The van der Waals surface area contributed by atoms with Crippen LogP contribution in [0.25, 0.3) is 17.2 Å². The number of rotatable bonds is 4. The Kier molecular flexibility index (Phi) is 4.74. The minimum Gasteiger partial charge on any atom is -0.206 e. The van der Waals surface area contributed by atoms with Crippen molar-refractivity contribution in [3.8, 4) is 11.1 Å². The number of halogens is 4. The van der Waals surface area contributed by atoms with E-state index in [2.05, 4.69) is 6.92 Å². The van der Waals surface area contributed by atoms with Crippen molar-refractivity contribution in [2.45, 2.75) is 39.0 Å². The molecule has 0 fully saturated rings. The highest BCUT2D eigenvalue weighted by Crippen LogP contribution is 2.34. The van der Waals surface area contributed by atoms with Gasteiger partial charge in [0, 0.05) is 5.56 Å². The van der Waals surface area contributed by atoms with Crippen LogP contribution < -0.4 is 0 Å². The van der Waals surface area contributed by atoms with E-state index in [1.807, 2.05) is 6.08 Å². The van der Waals surface area contributed by atoms with Gasteiger partial charge in [0.15, 0.2) is 17.5 Å². The van der Waals surface area contributed by atoms with Crippen LogP contribution in [0.1, 0.15) is 43.7 Å². The van der Waals surface area contributed by atoms with Gasteiger partial charge in [-0.3, -0.25) is 0 Å². The molecule has 0 amide bonds. The monoisotopic (exact) mass is 334 g/mol. The first kappa shape index (κ1) is 16.7. The van der Waals surface area contributed by atoms with Gasteiger partial charge in [-0.05, 0) is 54.5 Å². The topological polar surface area (TPSA) is 0 Å². The average Bonchev–Trinajstić information content (AvgIpc) is 2.57. The van der Waals surface area contributed by atoms with Crippen LogP contribution in [0.3, 0.4) is 0 Å². The molecule has 0 unspecified atom stereocenters. The number of unbranched alkanes of at least 4 members (excludes halogenated alkanes) is 1. The van der Waals surface area contributed by atoms with Crippen LogP contribution in [0.15, 0.2) is 29.8 Å². The minimum atomic E-state index is -1.54. The number of fused-ring (bicyclic) bond motifs is 1. The highest BCUT2D eigenvalue weighted by molar-refractivity contribution is 5.70. The smallest absolute Gasteiger partial charge is 0.194 e. The lowest BCUT2D eigenvalue weighted by atomic mass is 9.87. The number of allylic oxidation sites excluding steroid dienone is 1. The molecule has 0 radical (unpaired) electrons. The van der Waals surface area contributed by atoms with Crippen LogP contribution in [-0.4, -0.2) is 0 Å². The SMILES string of the molecule is CCCCC1=Cc2ccc(-c3cc(F)c(F)c(F)c3)c(F)c2CC1. The lowest BCUT2D eigenvalue weighted by Gasteiger charge is -2.19. The molecule has 0 saturated carbocycles. The fourth-order valence-electron chi connectivity index (χ4n) is 3.14. The van der Waals surface area contributed by atoms with Gasteiger partial charge < -0.3 is 0 Å². The van der Waals surface area contributed by atoms with Crippen molar-refractivity contribution in [1.82, 2.24) is 0 Å². The van der Waals surface area contributed by atoms with Crippen molar-refractivity contribution in [3.63, 3.8) is 0 Å². The van der Waals surface area contributed by atoms with Crippen molar-refractivity contribution < 1.29 is 17.6 Å². The summed E-state index contributed by atoms with van der Waals surface area (Å²) >= 11 is 0. The molecule has 3 rings (SSSR count). The minimum absolute atomic E-state index is 0.00691. The number of hydrogen-bond donors (Lipinski definition) is 0. The molecule has 4 heteroatoms. The van der Waals surface area contributed by atoms with E-state index in [-0.39, 0.29) is 11.1 Å². The highest BCUT2D eigenvalue weighted by Gasteiger charge is 2.20. The van der Waals surface area contributed by atoms with Crippen molar-refractivity contribution in [2.75, 3.05) is 0 Å². The molecule has 2 aromatic rings.